The Morgan fingerprint density at radius 3 is 2.67 bits per heavy atom. The zero-order valence-electron chi connectivity index (χ0n) is 17.9. The number of hydrogen-bond acceptors (Lipinski definition) is 7. The van der Waals surface area contributed by atoms with Gasteiger partial charge in [-0.1, -0.05) is 12.1 Å². The smallest absolute Gasteiger partial charge is 0.293 e. The van der Waals surface area contributed by atoms with Crippen molar-refractivity contribution in [1.82, 2.24) is 4.90 Å². The highest BCUT2D eigenvalue weighted by molar-refractivity contribution is 8.18. The summed E-state index contributed by atoms with van der Waals surface area (Å²) in [5.74, 6) is 1.20. The molecule has 1 aliphatic rings. The lowest BCUT2D eigenvalue weighted by molar-refractivity contribution is -0.384. The largest absolute Gasteiger partial charge is 0.492 e. The highest BCUT2D eigenvalue weighted by atomic mass is 32.2. The monoisotopic (exact) mass is 464 g/mol. The summed E-state index contributed by atoms with van der Waals surface area (Å²) in [4.78, 5) is 36.9. The van der Waals surface area contributed by atoms with Crippen molar-refractivity contribution in [2.24, 2.45) is 0 Å². The number of hydrogen-bond donors (Lipinski definition) is 0. The normalized spacial score (nSPS) is 14.8. The first kappa shape index (κ1) is 22.3. The first-order chi connectivity index (χ1) is 15.8. The van der Waals surface area contributed by atoms with Crippen LogP contribution in [0, 0.1) is 24.0 Å². The Morgan fingerprint density at radius 1 is 1.12 bits per heavy atom. The number of carbonyl (C=O) groups excluding carboxylic acids is 2. The van der Waals surface area contributed by atoms with Crippen molar-refractivity contribution in [1.29, 1.82) is 0 Å². The number of rotatable bonds is 7. The van der Waals surface area contributed by atoms with Gasteiger partial charge in [0.25, 0.3) is 16.8 Å². The second-order valence-electron chi connectivity index (χ2n) is 7.46. The summed E-state index contributed by atoms with van der Waals surface area (Å²) < 4.78 is 11.5. The summed E-state index contributed by atoms with van der Waals surface area (Å²) in [7, 11) is 0. The number of aryl methyl sites for hydroxylation is 2. The lowest BCUT2D eigenvalue weighted by Gasteiger charge is -2.13. The van der Waals surface area contributed by atoms with E-state index in [4.69, 9.17) is 9.15 Å². The lowest BCUT2D eigenvalue weighted by atomic mass is 10.1. The van der Waals surface area contributed by atoms with Crippen LogP contribution in [-0.2, 0) is 4.79 Å². The fourth-order valence-electron chi connectivity index (χ4n) is 3.39. The van der Waals surface area contributed by atoms with E-state index >= 15 is 0 Å². The summed E-state index contributed by atoms with van der Waals surface area (Å²) in [5, 5.41) is 10.6. The zero-order valence-corrected chi connectivity index (χ0v) is 18.8. The number of non-ortho nitro benzene ring substituents is 1. The quantitative estimate of drug-likeness (QED) is 0.255. The number of nitro benzene ring substituents is 1. The van der Waals surface area contributed by atoms with Gasteiger partial charge < -0.3 is 9.15 Å². The van der Waals surface area contributed by atoms with Crippen molar-refractivity contribution in [3.05, 3.63) is 86.5 Å². The van der Waals surface area contributed by atoms with Gasteiger partial charge >= 0.3 is 0 Å². The number of furan rings is 1. The fourth-order valence-corrected chi connectivity index (χ4v) is 4.24. The second-order valence-corrected chi connectivity index (χ2v) is 8.45. The highest BCUT2D eigenvalue weighted by Gasteiger charge is 2.35. The molecule has 9 heteroatoms. The van der Waals surface area contributed by atoms with Crippen LogP contribution in [0.15, 0.2) is 63.9 Å². The summed E-state index contributed by atoms with van der Waals surface area (Å²) in [6.07, 6.45) is 1.52. The van der Waals surface area contributed by atoms with E-state index in [1.54, 1.807) is 25.1 Å². The first-order valence-corrected chi connectivity index (χ1v) is 10.9. The molecule has 0 unspecified atom stereocenters. The van der Waals surface area contributed by atoms with Gasteiger partial charge in [0.05, 0.1) is 16.4 Å². The Balaban J connectivity index is 1.43. The third-order valence-corrected chi connectivity index (χ3v) is 5.94. The molecule has 0 saturated carbocycles. The number of carbonyl (C=O) groups is 2. The molecule has 1 aliphatic heterocycles. The highest BCUT2D eigenvalue weighted by Crippen LogP contribution is 2.34. The van der Waals surface area contributed by atoms with Gasteiger partial charge in [0, 0.05) is 23.8 Å². The SMILES string of the molecule is Cc1cccc(OCCN2C(=O)S/C(=C\c3ccc(-c4ccc([N+](=O)[O-])cc4C)o3)C2=O)c1. The van der Waals surface area contributed by atoms with Crippen molar-refractivity contribution < 1.29 is 23.7 Å². The second kappa shape index (κ2) is 9.33. The first-order valence-electron chi connectivity index (χ1n) is 10.1. The molecule has 0 bridgehead atoms. The molecule has 0 atom stereocenters. The number of benzene rings is 2. The van der Waals surface area contributed by atoms with E-state index < -0.39 is 10.8 Å². The number of thioether (sulfide) groups is 1. The molecule has 3 aromatic rings. The third kappa shape index (κ3) is 4.98. The number of ether oxygens (including phenoxy) is 1. The van der Waals surface area contributed by atoms with Crippen LogP contribution in [0.5, 0.6) is 5.75 Å². The molecule has 168 valence electrons. The Hall–Kier alpha value is -3.85. The van der Waals surface area contributed by atoms with E-state index in [1.165, 1.54) is 18.2 Å². The van der Waals surface area contributed by atoms with Gasteiger partial charge in [-0.15, -0.1) is 0 Å². The minimum absolute atomic E-state index is 0.00285. The standard InChI is InChI=1S/C24H20N2O6S/c1-15-4-3-5-18(12-15)31-11-10-25-23(27)22(33-24(25)28)14-19-7-9-21(32-19)20-8-6-17(26(29)30)13-16(20)2/h3-9,12-14H,10-11H2,1-2H3/b22-14-. The van der Waals surface area contributed by atoms with E-state index in [9.17, 15) is 19.7 Å². The minimum atomic E-state index is -0.452. The summed E-state index contributed by atoms with van der Waals surface area (Å²) >= 11 is 0.847. The molecule has 2 aromatic carbocycles. The summed E-state index contributed by atoms with van der Waals surface area (Å²) in [6, 6.07) is 15.5. The Morgan fingerprint density at radius 2 is 1.94 bits per heavy atom. The van der Waals surface area contributed by atoms with Crippen LogP contribution < -0.4 is 4.74 Å². The van der Waals surface area contributed by atoms with Crippen LogP contribution in [0.3, 0.4) is 0 Å². The maximum absolute atomic E-state index is 12.7. The molecule has 4 rings (SSSR count). The molecule has 1 saturated heterocycles. The predicted octanol–water partition coefficient (Wildman–Crippen LogP) is 5.59. The van der Waals surface area contributed by atoms with E-state index in [1.807, 2.05) is 31.2 Å². The molecule has 8 nitrogen and oxygen atoms in total. The van der Waals surface area contributed by atoms with Crippen molar-refractivity contribution in [2.75, 3.05) is 13.2 Å². The van der Waals surface area contributed by atoms with Crippen LogP contribution in [0.4, 0.5) is 10.5 Å². The Labute approximate surface area is 194 Å². The molecular weight excluding hydrogens is 444 g/mol. The number of amides is 2. The van der Waals surface area contributed by atoms with Gasteiger partial charge in [0.2, 0.25) is 0 Å². The van der Waals surface area contributed by atoms with E-state index in [2.05, 4.69) is 0 Å². The Kier molecular flexibility index (Phi) is 6.32. The number of nitrogens with zero attached hydrogens (tertiary/aromatic N) is 2. The predicted molar refractivity (Wildman–Crippen MR) is 125 cm³/mol. The van der Waals surface area contributed by atoms with Crippen molar-refractivity contribution in [3.63, 3.8) is 0 Å². The van der Waals surface area contributed by atoms with Gasteiger partial charge in [0.1, 0.15) is 23.9 Å². The zero-order chi connectivity index (χ0) is 23.5. The van der Waals surface area contributed by atoms with Gasteiger partial charge in [-0.2, -0.15) is 0 Å². The van der Waals surface area contributed by atoms with E-state index in [-0.39, 0.29) is 29.0 Å². The molecule has 2 heterocycles. The molecule has 1 fully saturated rings. The van der Waals surface area contributed by atoms with Crippen LogP contribution >= 0.6 is 11.8 Å². The van der Waals surface area contributed by atoms with Crippen LogP contribution in [0.25, 0.3) is 17.4 Å². The average molecular weight is 464 g/mol. The molecule has 0 radical (unpaired) electrons. The van der Waals surface area contributed by atoms with Crippen molar-refractivity contribution in [3.8, 4) is 17.1 Å². The van der Waals surface area contributed by atoms with E-state index in [0.29, 0.717) is 28.4 Å². The summed E-state index contributed by atoms with van der Waals surface area (Å²) in [6.45, 7) is 4.05. The van der Waals surface area contributed by atoms with Crippen LogP contribution in [0.2, 0.25) is 0 Å². The third-order valence-electron chi connectivity index (χ3n) is 5.03. The topological polar surface area (TPSA) is 103 Å². The van der Waals surface area contributed by atoms with Gasteiger partial charge in [-0.25, -0.2) is 0 Å². The molecule has 0 N–H and O–H groups in total. The van der Waals surface area contributed by atoms with Crippen LogP contribution in [-0.4, -0.2) is 34.1 Å². The Bertz CT molecular complexity index is 1280. The fraction of sp³-hybridized carbons (Fsp3) is 0.167. The maximum atomic E-state index is 12.7. The van der Waals surface area contributed by atoms with Crippen LogP contribution in [0.1, 0.15) is 16.9 Å². The molecule has 2 amide bonds. The molecule has 1 aromatic heterocycles. The minimum Gasteiger partial charge on any atom is -0.492 e. The molecule has 0 spiro atoms. The summed E-state index contributed by atoms with van der Waals surface area (Å²) in [5.41, 5.74) is 2.46. The van der Waals surface area contributed by atoms with Gasteiger partial charge in [-0.3, -0.25) is 24.6 Å². The molecular formula is C24H20N2O6S. The van der Waals surface area contributed by atoms with E-state index in [0.717, 1.165) is 22.2 Å². The lowest BCUT2D eigenvalue weighted by Crippen LogP contribution is -2.32. The molecule has 33 heavy (non-hydrogen) atoms. The van der Waals surface area contributed by atoms with Crippen molar-refractivity contribution >= 4 is 34.7 Å². The molecule has 0 aliphatic carbocycles. The number of nitro groups is 1. The average Bonchev–Trinajstić information content (AvgIpc) is 3.33. The number of imide groups is 1. The van der Waals surface area contributed by atoms with Gasteiger partial charge in [0.15, 0.2) is 0 Å². The van der Waals surface area contributed by atoms with Gasteiger partial charge in [-0.05, 0) is 67.1 Å². The van der Waals surface area contributed by atoms with Crippen molar-refractivity contribution in [2.45, 2.75) is 13.8 Å². The maximum Gasteiger partial charge on any atom is 0.293 e.